The van der Waals surface area contributed by atoms with Crippen molar-refractivity contribution in [3.8, 4) is 0 Å². The van der Waals surface area contributed by atoms with Gasteiger partial charge >= 0.3 is 0 Å². The van der Waals surface area contributed by atoms with Crippen molar-refractivity contribution >= 4 is 27.5 Å². The summed E-state index contributed by atoms with van der Waals surface area (Å²) in [6.45, 7) is -0.520. The van der Waals surface area contributed by atoms with E-state index in [1.807, 2.05) is 0 Å². The van der Waals surface area contributed by atoms with Gasteiger partial charge in [0.05, 0.1) is 11.6 Å². The van der Waals surface area contributed by atoms with Crippen molar-refractivity contribution in [2.75, 3.05) is 0 Å². The quantitative estimate of drug-likeness (QED) is 0.840. The van der Waals surface area contributed by atoms with Gasteiger partial charge in [0.1, 0.15) is 4.60 Å². The number of halogens is 4. The van der Waals surface area contributed by atoms with Crippen molar-refractivity contribution in [1.29, 1.82) is 0 Å². The van der Waals surface area contributed by atoms with Crippen molar-refractivity contribution < 1.29 is 13.9 Å². The molecule has 0 aliphatic carbocycles. The number of aromatic nitrogens is 1. The number of hydrogen-bond acceptors (Lipinski definition) is 2. The Hall–Kier alpha value is -0.260. The molecule has 72 valence electrons. The van der Waals surface area contributed by atoms with Gasteiger partial charge in [0.15, 0.2) is 0 Å². The molecule has 0 fully saturated rings. The number of hydrogen-bond donors (Lipinski definition) is 1. The molecule has 1 heterocycles. The molecule has 1 aromatic rings. The van der Waals surface area contributed by atoms with Gasteiger partial charge in [-0.3, -0.25) is 0 Å². The summed E-state index contributed by atoms with van der Waals surface area (Å²) in [6.07, 6.45) is -1.60. The minimum absolute atomic E-state index is 0.0301. The first kappa shape index (κ1) is 10.8. The van der Waals surface area contributed by atoms with Gasteiger partial charge in [0, 0.05) is 17.3 Å². The summed E-state index contributed by atoms with van der Waals surface area (Å²) in [5.74, 6) is 0. The minimum atomic E-state index is -2.71. The predicted molar refractivity (Wildman–Crippen MR) is 47.8 cm³/mol. The standard InChI is InChI=1S/C7H5BrClF2NO/c8-6-3(2-13)5(7(10)11)4(9)1-12-6/h1,7,13H,2H2. The highest BCUT2D eigenvalue weighted by Crippen LogP contribution is 2.32. The average molecular weight is 272 g/mol. The highest BCUT2D eigenvalue weighted by Gasteiger charge is 2.19. The molecule has 0 saturated heterocycles. The van der Waals surface area contributed by atoms with Gasteiger partial charge in [-0.1, -0.05) is 11.6 Å². The lowest BCUT2D eigenvalue weighted by atomic mass is 10.1. The largest absolute Gasteiger partial charge is 0.392 e. The van der Waals surface area contributed by atoms with E-state index in [4.69, 9.17) is 16.7 Å². The monoisotopic (exact) mass is 271 g/mol. The molecule has 0 bridgehead atoms. The van der Waals surface area contributed by atoms with Gasteiger partial charge in [-0.15, -0.1) is 0 Å². The van der Waals surface area contributed by atoms with Crippen LogP contribution < -0.4 is 0 Å². The van der Waals surface area contributed by atoms with Crippen LogP contribution in [0.15, 0.2) is 10.8 Å². The second kappa shape index (κ2) is 4.30. The van der Waals surface area contributed by atoms with Crippen molar-refractivity contribution in [3.05, 3.63) is 26.9 Å². The Morgan fingerprint density at radius 1 is 1.62 bits per heavy atom. The zero-order valence-corrected chi connectivity index (χ0v) is 8.61. The van der Waals surface area contributed by atoms with E-state index >= 15 is 0 Å². The van der Waals surface area contributed by atoms with Crippen LogP contribution in [-0.4, -0.2) is 10.1 Å². The summed E-state index contributed by atoms with van der Waals surface area (Å²) < 4.78 is 25.0. The summed E-state index contributed by atoms with van der Waals surface area (Å²) in [7, 11) is 0. The molecule has 0 unspecified atom stereocenters. The van der Waals surface area contributed by atoms with E-state index in [1.165, 1.54) is 0 Å². The summed E-state index contributed by atoms with van der Waals surface area (Å²) >= 11 is 8.45. The van der Waals surface area contributed by atoms with Crippen molar-refractivity contribution in [1.82, 2.24) is 4.98 Å². The molecule has 1 aromatic heterocycles. The predicted octanol–water partition coefficient (Wildman–Crippen LogP) is 2.93. The number of aliphatic hydroxyl groups is 1. The second-order valence-corrected chi connectivity index (χ2v) is 3.41. The van der Waals surface area contributed by atoms with E-state index in [0.717, 1.165) is 6.20 Å². The number of pyridine rings is 1. The molecular formula is C7H5BrClF2NO. The van der Waals surface area contributed by atoms with Crippen LogP contribution in [0, 0.1) is 0 Å². The molecule has 0 aliphatic heterocycles. The third-order valence-corrected chi connectivity index (χ3v) is 2.48. The molecule has 1 rings (SSSR count). The molecule has 0 amide bonds. The smallest absolute Gasteiger partial charge is 0.265 e. The molecule has 13 heavy (non-hydrogen) atoms. The van der Waals surface area contributed by atoms with Crippen LogP contribution in [0.5, 0.6) is 0 Å². The van der Waals surface area contributed by atoms with Crippen LogP contribution in [0.4, 0.5) is 8.78 Å². The maximum Gasteiger partial charge on any atom is 0.265 e. The Balaban J connectivity index is 3.35. The summed E-state index contributed by atoms with van der Waals surface area (Å²) in [4.78, 5) is 3.68. The van der Waals surface area contributed by atoms with Crippen LogP contribution in [0.25, 0.3) is 0 Å². The van der Waals surface area contributed by atoms with E-state index in [1.54, 1.807) is 0 Å². The zero-order valence-electron chi connectivity index (χ0n) is 6.27. The third-order valence-electron chi connectivity index (χ3n) is 1.50. The lowest BCUT2D eigenvalue weighted by molar-refractivity contribution is 0.147. The summed E-state index contributed by atoms with van der Waals surface area (Å²) in [6, 6.07) is 0. The van der Waals surface area contributed by atoms with Gasteiger partial charge in [-0.05, 0) is 15.9 Å². The van der Waals surface area contributed by atoms with E-state index < -0.39 is 13.0 Å². The Morgan fingerprint density at radius 3 is 2.62 bits per heavy atom. The molecule has 2 nitrogen and oxygen atoms in total. The molecule has 0 aromatic carbocycles. The van der Waals surface area contributed by atoms with Crippen LogP contribution in [0.3, 0.4) is 0 Å². The van der Waals surface area contributed by atoms with Crippen LogP contribution in [0.2, 0.25) is 5.02 Å². The van der Waals surface area contributed by atoms with Gasteiger partial charge in [-0.2, -0.15) is 0 Å². The first-order valence-electron chi connectivity index (χ1n) is 3.29. The van der Waals surface area contributed by atoms with Gasteiger partial charge in [0.25, 0.3) is 6.43 Å². The lowest BCUT2D eigenvalue weighted by Crippen LogP contribution is -1.99. The topological polar surface area (TPSA) is 33.1 Å². The van der Waals surface area contributed by atoms with Crippen LogP contribution in [0.1, 0.15) is 17.6 Å². The molecular weight excluding hydrogens is 267 g/mol. The van der Waals surface area contributed by atoms with E-state index in [-0.39, 0.29) is 20.8 Å². The van der Waals surface area contributed by atoms with Crippen molar-refractivity contribution in [2.45, 2.75) is 13.0 Å². The number of alkyl halides is 2. The molecule has 6 heteroatoms. The maximum absolute atomic E-state index is 12.4. The van der Waals surface area contributed by atoms with Crippen LogP contribution in [-0.2, 0) is 6.61 Å². The number of aliphatic hydroxyl groups excluding tert-OH is 1. The third kappa shape index (κ3) is 2.15. The lowest BCUT2D eigenvalue weighted by Gasteiger charge is -2.09. The zero-order chi connectivity index (χ0) is 10.0. The first-order chi connectivity index (χ1) is 6.07. The van der Waals surface area contributed by atoms with E-state index in [2.05, 4.69) is 20.9 Å². The van der Waals surface area contributed by atoms with Gasteiger partial charge in [-0.25, -0.2) is 13.8 Å². The van der Waals surface area contributed by atoms with Crippen molar-refractivity contribution in [2.24, 2.45) is 0 Å². The Labute approximate surface area is 86.7 Å². The Kier molecular flexibility index (Phi) is 3.58. The SMILES string of the molecule is OCc1c(Br)ncc(Cl)c1C(F)F. The molecule has 0 saturated carbocycles. The van der Waals surface area contributed by atoms with Crippen LogP contribution >= 0.6 is 27.5 Å². The fourth-order valence-electron chi connectivity index (χ4n) is 0.902. The number of rotatable bonds is 2. The Morgan fingerprint density at radius 2 is 2.23 bits per heavy atom. The summed E-state index contributed by atoms with van der Waals surface area (Å²) in [5.41, 5.74) is -0.339. The Bertz CT molecular complexity index is 322. The second-order valence-electron chi connectivity index (χ2n) is 2.25. The normalized spacial score (nSPS) is 10.9. The highest BCUT2D eigenvalue weighted by molar-refractivity contribution is 9.10. The minimum Gasteiger partial charge on any atom is -0.392 e. The fourth-order valence-corrected chi connectivity index (χ4v) is 1.59. The van der Waals surface area contributed by atoms with E-state index in [9.17, 15) is 8.78 Å². The maximum atomic E-state index is 12.4. The molecule has 0 atom stereocenters. The molecule has 1 N–H and O–H groups in total. The average Bonchev–Trinajstić information content (AvgIpc) is 2.07. The fraction of sp³-hybridized carbons (Fsp3) is 0.286. The number of nitrogens with zero attached hydrogens (tertiary/aromatic N) is 1. The van der Waals surface area contributed by atoms with Crippen molar-refractivity contribution in [3.63, 3.8) is 0 Å². The first-order valence-corrected chi connectivity index (χ1v) is 4.46. The highest BCUT2D eigenvalue weighted by atomic mass is 79.9. The molecule has 0 aliphatic rings. The van der Waals surface area contributed by atoms with Gasteiger partial charge in [0.2, 0.25) is 0 Å². The molecule has 0 radical (unpaired) electrons. The molecule has 0 spiro atoms. The van der Waals surface area contributed by atoms with E-state index in [0.29, 0.717) is 0 Å². The summed E-state index contributed by atoms with van der Waals surface area (Å²) in [5, 5.41) is 8.67. The van der Waals surface area contributed by atoms with Gasteiger partial charge < -0.3 is 5.11 Å².